The van der Waals surface area contributed by atoms with Crippen LogP contribution < -0.4 is 5.73 Å². The van der Waals surface area contributed by atoms with Crippen molar-refractivity contribution in [1.82, 2.24) is 4.98 Å². The van der Waals surface area contributed by atoms with E-state index in [2.05, 4.69) is 4.98 Å². The van der Waals surface area contributed by atoms with Crippen LogP contribution in [0.3, 0.4) is 0 Å². The van der Waals surface area contributed by atoms with Gasteiger partial charge in [0, 0.05) is 18.8 Å². The zero-order chi connectivity index (χ0) is 14.3. The number of aromatic nitrogens is 1. The Bertz CT molecular complexity index is 422. The quantitative estimate of drug-likeness (QED) is 0.712. The first-order chi connectivity index (χ1) is 8.99. The van der Waals surface area contributed by atoms with Crippen molar-refractivity contribution in [3.05, 3.63) is 30.1 Å². The summed E-state index contributed by atoms with van der Waals surface area (Å²) in [5.41, 5.74) is 6.26. The first-order valence-corrected chi connectivity index (χ1v) is 6.02. The summed E-state index contributed by atoms with van der Waals surface area (Å²) in [6, 6.07) is 2.58. The Morgan fingerprint density at radius 3 is 2.63 bits per heavy atom. The van der Waals surface area contributed by atoms with Gasteiger partial charge < -0.3 is 15.6 Å². The van der Waals surface area contributed by atoms with Gasteiger partial charge in [-0.1, -0.05) is 6.92 Å². The number of carboxylic acid groups (broad SMARTS) is 1. The minimum absolute atomic E-state index is 0.129. The topological polar surface area (TPSA) is 103 Å². The van der Waals surface area contributed by atoms with Crippen LogP contribution in [0, 0.1) is 5.92 Å². The molecule has 0 radical (unpaired) electrons. The second kappa shape index (κ2) is 7.48. The number of carboxylic acids is 1. The number of esters is 1. The summed E-state index contributed by atoms with van der Waals surface area (Å²) in [7, 11) is 0. The molecule has 0 aliphatic carbocycles. The van der Waals surface area contributed by atoms with E-state index in [4.69, 9.17) is 15.6 Å². The van der Waals surface area contributed by atoms with E-state index in [1.54, 1.807) is 31.5 Å². The summed E-state index contributed by atoms with van der Waals surface area (Å²) >= 11 is 0. The monoisotopic (exact) mass is 266 g/mol. The number of nitrogens with two attached hydrogens (primary N) is 1. The van der Waals surface area contributed by atoms with Gasteiger partial charge >= 0.3 is 11.9 Å². The molecule has 0 aromatic carbocycles. The first-order valence-electron chi connectivity index (χ1n) is 6.02. The van der Waals surface area contributed by atoms with Crippen molar-refractivity contribution in [2.45, 2.75) is 32.4 Å². The average Bonchev–Trinajstić information content (AvgIpc) is 2.37. The highest BCUT2D eigenvalue weighted by Crippen LogP contribution is 2.11. The molecule has 0 fully saturated rings. The van der Waals surface area contributed by atoms with Crippen LogP contribution in [0.2, 0.25) is 0 Å². The molecule has 19 heavy (non-hydrogen) atoms. The van der Waals surface area contributed by atoms with Gasteiger partial charge in [-0.05, 0) is 30.0 Å². The summed E-state index contributed by atoms with van der Waals surface area (Å²) in [4.78, 5) is 26.0. The highest BCUT2D eigenvalue weighted by Gasteiger charge is 2.18. The van der Waals surface area contributed by atoms with Crippen LogP contribution in [0.25, 0.3) is 0 Å². The third-order valence-corrected chi connectivity index (χ3v) is 2.64. The summed E-state index contributed by atoms with van der Waals surface area (Å²) in [6.07, 6.45) is 3.65. The van der Waals surface area contributed by atoms with Gasteiger partial charge in [-0.25, -0.2) is 0 Å². The van der Waals surface area contributed by atoms with Crippen LogP contribution in [-0.4, -0.2) is 28.1 Å². The van der Waals surface area contributed by atoms with Crippen molar-refractivity contribution in [3.63, 3.8) is 0 Å². The van der Waals surface area contributed by atoms with Gasteiger partial charge in [-0.15, -0.1) is 0 Å². The van der Waals surface area contributed by atoms with E-state index in [0.29, 0.717) is 0 Å². The Hall–Kier alpha value is -1.95. The Morgan fingerprint density at radius 2 is 2.05 bits per heavy atom. The molecule has 2 atom stereocenters. The fourth-order valence-electron chi connectivity index (χ4n) is 1.60. The number of nitrogens with zero attached hydrogens (tertiary/aromatic N) is 1. The van der Waals surface area contributed by atoms with Crippen LogP contribution >= 0.6 is 0 Å². The lowest BCUT2D eigenvalue weighted by Crippen LogP contribution is -2.32. The molecule has 1 heterocycles. The molecule has 0 aliphatic heterocycles. The van der Waals surface area contributed by atoms with Crippen molar-refractivity contribution in [3.8, 4) is 0 Å². The maximum Gasteiger partial charge on any atom is 0.320 e. The van der Waals surface area contributed by atoms with E-state index in [-0.39, 0.29) is 31.3 Å². The Kier molecular flexibility index (Phi) is 5.95. The normalized spacial score (nSPS) is 13.6. The molecular formula is C13H18N2O4. The number of hydrogen-bond donors (Lipinski definition) is 2. The summed E-state index contributed by atoms with van der Waals surface area (Å²) in [5.74, 6) is -1.55. The number of carbonyl (C=O) groups is 2. The Balaban J connectivity index is 2.29. The lowest BCUT2D eigenvalue weighted by molar-refractivity contribution is -0.146. The number of aliphatic carboxylic acids is 1. The SMILES string of the molecule is CC(CC(=O)OCc1ccncc1)C[C@H](N)C(=O)O. The lowest BCUT2D eigenvalue weighted by Gasteiger charge is -2.13. The van der Waals surface area contributed by atoms with Crippen LogP contribution in [0.15, 0.2) is 24.5 Å². The van der Waals surface area contributed by atoms with Gasteiger partial charge in [0.25, 0.3) is 0 Å². The third kappa shape index (κ3) is 5.96. The summed E-state index contributed by atoms with van der Waals surface area (Å²) in [5, 5.41) is 8.67. The van der Waals surface area contributed by atoms with Crippen LogP contribution in [0.5, 0.6) is 0 Å². The lowest BCUT2D eigenvalue weighted by atomic mass is 9.99. The summed E-state index contributed by atoms with van der Waals surface area (Å²) in [6.45, 7) is 1.97. The Labute approximate surface area is 111 Å². The van der Waals surface area contributed by atoms with Gasteiger partial charge in [-0.3, -0.25) is 14.6 Å². The molecule has 1 rings (SSSR count). The molecule has 0 spiro atoms. The molecule has 0 amide bonds. The van der Waals surface area contributed by atoms with E-state index in [1.807, 2.05) is 0 Å². The minimum Gasteiger partial charge on any atom is -0.480 e. The van der Waals surface area contributed by atoms with Gasteiger partial charge in [0.2, 0.25) is 0 Å². The van der Waals surface area contributed by atoms with E-state index < -0.39 is 12.0 Å². The van der Waals surface area contributed by atoms with Gasteiger partial charge in [0.05, 0.1) is 0 Å². The number of rotatable bonds is 7. The zero-order valence-electron chi connectivity index (χ0n) is 10.8. The molecule has 1 unspecified atom stereocenters. The van der Waals surface area contributed by atoms with Crippen LogP contribution in [-0.2, 0) is 20.9 Å². The fourth-order valence-corrected chi connectivity index (χ4v) is 1.60. The smallest absolute Gasteiger partial charge is 0.320 e. The standard InChI is InChI=1S/C13H18N2O4/c1-9(6-11(14)13(17)18)7-12(16)19-8-10-2-4-15-5-3-10/h2-5,9,11H,6-8,14H2,1H3,(H,17,18)/t9?,11-/m0/s1. The maximum absolute atomic E-state index is 11.6. The average molecular weight is 266 g/mol. The summed E-state index contributed by atoms with van der Waals surface area (Å²) < 4.78 is 5.09. The molecular weight excluding hydrogens is 248 g/mol. The molecule has 6 nitrogen and oxygen atoms in total. The molecule has 3 N–H and O–H groups in total. The van der Waals surface area contributed by atoms with E-state index in [1.165, 1.54) is 0 Å². The molecule has 104 valence electrons. The van der Waals surface area contributed by atoms with Crippen molar-refractivity contribution < 1.29 is 19.4 Å². The van der Waals surface area contributed by atoms with E-state index in [9.17, 15) is 9.59 Å². The zero-order valence-corrected chi connectivity index (χ0v) is 10.8. The van der Waals surface area contributed by atoms with Crippen LogP contribution in [0.4, 0.5) is 0 Å². The molecule has 0 saturated carbocycles. The van der Waals surface area contributed by atoms with Crippen molar-refractivity contribution in [2.24, 2.45) is 11.7 Å². The molecule has 1 aromatic heterocycles. The van der Waals surface area contributed by atoms with Gasteiger partial charge in [-0.2, -0.15) is 0 Å². The molecule has 0 aliphatic rings. The van der Waals surface area contributed by atoms with Gasteiger partial charge in [0.15, 0.2) is 0 Å². The second-order valence-corrected chi connectivity index (χ2v) is 4.51. The highest BCUT2D eigenvalue weighted by atomic mass is 16.5. The van der Waals surface area contributed by atoms with E-state index >= 15 is 0 Å². The molecule has 1 aromatic rings. The van der Waals surface area contributed by atoms with E-state index in [0.717, 1.165) is 5.56 Å². The van der Waals surface area contributed by atoms with Crippen molar-refractivity contribution in [2.75, 3.05) is 0 Å². The van der Waals surface area contributed by atoms with Crippen molar-refractivity contribution >= 4 is 11.9 Å². The number of pyridine rings is 1. The number of carbonyl (C=O) groups excluding carboxylic acids is 1. The highest BCUT2D eigenvalue weighted by molar-refractivity contribution is 5.73. The predicted octanol–water partition coefficient (Wildman–Crippen LogP) is 0.953. The maximum atomic E-state index is 11.6. The minimum atomic E-state index is -1.06. The second-order valence-electron chi connectivity index (χ2n) is 4.51. The first kappa shape index (κ1) is 15.1. The van der Waals surface area contributed by atoms with Gasteiger partial charge in [0.1, 0.15) is 12.6 Å². The predicted molar refractivity (Wildman–Crippen MR) is 68.0 cm³/mol. The Morgan fingerprint density at radius 1 is 1.42 bits per heavy atom. The van der Waals surface area contributed by atoms with Crippen molar-refractivity contribution in [1.29, 1.82) is 0 Å². The van der Waals surface area contributed by atoms with Crippen LogP contribution in [0.1, 0.15) is 25.3 Å². The molecule has 0 saturated heterocycles. The largest absolute Gasteiger partial charge is 0.480 e. The molecule has 0 bridgehead atoms. The third-order valence-electron chi connectivity index (χ3n) is 2.64. The number of ether oxygens (including phenoxy) is 1. The molecule has 6 heteroatoms. The fraction of sp³-hybridized carbons (Fsp3) is 0.462. The number of hydrogen-bond acceptors (Lipinski definition) is 5.